The molecule has 4 nitrogen and oxygen atoms in total. The quantitative estimate of drug-likeness (QED) is 0.872. The first-order valence-electron chi connectivity index (χ1n) is 6.53. The van der Waals surface area contributed by atoms with Gasteiger partial charge in [-0.25, -0.2) is 0 Å². The Bertz CT molecular complexity index is 445. The summed E-state index contributed by atoms with van der Waals surface area (Å²) < 4.78 is 5.92. The minimum absolute atomic E-state index is 0.0586. The number of hydrogen-bond donors (Lipinski definition) is 2. The van der Waals surface area contributed by atoms with E-state index in [1.54, 1.807) is 13.2 Å². The lowest BCUT2D eigenvalue weighted by molar-refractivity contribution is 0.0950. The molecule has 1 heterocycles. The van der Waals surface area contributed by atoms with Crippen molar-refractivity contribution in [3.63, 3.8) is 0 Å². The van der Waals surface area contributed by atoms with Crippen LogP contribution in [0.2, 0.25) is 0 Å². The van der Waals surface area contributed by atoms with Crippen molar-refractivity contribution in [2.45, 2.75) is 12.8 Å². The number of carbonyl (C=O) groups excluding carboxylic acids is 1. The van der Waals surface area contributed by atoms with E-state index in [2.05, 4.69) is 26.6 Å². The van der Waals surface area contributed by atoms with Crippen LogP contribution in [0.15, 0.2) is 22.7 Å². The summed E-state index contributed by atoms with van der Waals surface area (Å²) in [5, 5.41) is 6.30. The zero-order valence-corrected chi connectivity index (χ0v) is 12.6. The largest absolute Gasteiger partial charge is 0.497 e. The smallest absolute Gasteiger partial charge is 0.252 e. The van der Waals surface area contributed by atoms with Gasteiger partial charge in [0.1, 0.15) is 5.75 Å². The third kappa shape index (κ3) is 3.94. The summed E-state index contributed by atoms with van der Waals surface area (Å²) in [7, 11) is 1.60. The van der Waals surface area contributed by atoms with Gasteiger partial charge in [-0.15, -0.1) is 0 Å². The first-order valence-corrected chi connectivity index (χ1v) is 7.32. The molecule has 1 aliphatic rings. The van der Waals surface area contributed by atoms with Crippen LogP contribution < -0.4 is 15.4 Å². The third-order valence-electron chi connectivity index (χ3n) is 3.42. The number of amides is 1. The number of benzene rings is 1. The van der Waals surface area contributed by atoms with Crippen molar-refractivity contribution in [2.75, 3.05) is 26.7 Å². The van der Waals surface area contributed by atoms with Gasteiger partial charge in [0.05, 0.1) is 12.7 Å². The van der Waals surface area contributed by atoms with Gasteiger partial charge in [0.2, 0.25) is 0 Å². The Morgan fingerprint density at radius 1 is 1.58 bits per heavy atom. The van der Waals surface area contributed by atoms with E-state index in [0.717, 1.165) is 30.5 Å². The second-order valence-electron chi connectivity index (χ2n) is 4.75. The van der Waals surface area contributed by atoms with E-state index >= 15 is 0 Å². The van der Waals surface area contributed by atoms with E-state index in [9.17, 15) is 4.79 Å². The number of carbonyl (C=O) groups is 1. The SMILES string of the molecule is COc1ccc(Br)c(C(=O)NCCC2CCNC2)c1. The van der Waals surface area contributed by atoms with Crippen LogP contribution in [0.3, 0.4) is 0 Å². The first kappa shape index (κ1) is 14.3. The Hall–Kier alpha value is -1.07. The van der Waals surface area contributed by atoms with E-state index in [4.69, 9.17) is 4.74 Å². The molecule has 0 aromatic heterocycles. The summed E-state index contributed by atoms with van der Waals surface area (Å²) >= 11 is 3.39. The molecule has 1 aromatic rings. The van der Waals surface area contributed by atoms with E-state index < -0.39 is 0 Å². The molecule has 1 saturated heterocycles. The number of methoxy groups -OCH3 is 1. The van der Waals surface area contributed by atoms with Gasteiger partial charge in [-0.3, -0.25) is 4.79 Å². The Morgan fingerprint density at radius 3 is 3.11 bits per heavy atom. The minimum Gasteiger partial charge on any atom is -0.497 e. The predicted octanol–water partition coefficient (Wildman–Crippen LogP) is 2.19. The Balaban J connectivity index is 1.88. The molecular formula is C14H19BrN2O2. The molecular weight excluding hydrogens is 308 g/mol. The van der Waals surface area contributed by atoms with Crippen molar-refractivity contribution in [2.24, 2.45) is 5.92 Å². The van der Waals surface area contributed by atoms with Crippen molar-refractivity contribution < 1.29 is 9.53 Å². The molecule has 5 heteroatoms. The van der Waals surface area contributed by atoms with E-state index in [1.165, 1.54) is 6.42 Å². The second kappa shape index (κ2) is 6.91. The second-order valence-corrected chi connectivity index (χ2v) is 5.60. The van der Waals surface area contributed by atoms with Crippen molar-refractivity contribution in [3.8, 4) is 5.75 Å². The summed E-state index contributed by atoms with van der Waals surface area (Å²) in [5.74, 6) is 1.32. The number of hydrogen-bond acceptors (Lipinski definition) is 3. The molecule has 2 N–H and O–H groups in total. The average Bonchev–Trinajstić information content (AvgIpc) is 2.92. The molecule has 1 unspecified atom stereocenters. The van der Waals surface area contributed by atoms with Gasteiger partial charge >= 0.3 is 0 Å². The molecule has 0 spiro atoms. The maximum absolute atomic E-state index is 12.1. The van der Waals surface area contributed by atoms with Crippen LogP contribution in [0.25, 0.3) is 0 Å². The fourth-order valence-corrected chi connectivity index (χ4v) is 2.68. The predicted molar refractivity (Wildman–Crippen MR) is 78.6 cm³/mol. The van der Waals surface area contributed by atoms with Crippen LogP contribution in [0.1, 0.15) is 23.2 Å². The average molecular weight is 327 g/mol. The zero-order valence-electron chi connectivity index (χ0n) is 11.0. The van der Waals surface area contributed by atoms with Crippen LogP contribution in [0, 0.1) is 5.92 Å². The maximum Gasteiger partial charge on any atom is 0.252 e. The number of nitrogens with one attached hydrogen (secondary N) is 2. The summed E-state index contributed by atoms with van der Waals surface area (Å²) in [6.45, 7) is 2.88. The lowest BCUT2D eigenvalue weighted by Gasteiger charge is -2.11. The fraction of sp³-hybridized carbons (Fsp3) is 0.500. The standard InChI is InChI=1S/C14H19BrN2O2/c1-19-11-2-3-13(15)12(8-11)14(18)17-7-5-10-4-6-16-9-10/h2-3,8,10,16H,4-7,9H2,1H3,(H,17,18). The molecule has 0 bridgehead atoms. The molecule has 1 fully saturated rings. The lowest BCUT2D eigenvalue weighted by atomic mass is 10.1. The number of ether oxygens (including phenoxy) is 1. The Morgan fingerprint density at radius 2 is 2.42 bits per heavy atom. The molecule has 19 heavy (non-hydrogen) atoms. The highest BCUT2D eigenvalue weighted by atomic mass is 79.9. The summed E-state index contributed by atoms with van der Waals surface area (Å²) in [5.41, 5.74) is 0.615. The molecule has 1 aromatic carbocycles. The maximum atomic E-state index is 12.1. The molecule has 1 atom stereocenters. The molecule has 1 amide bonds. The summed E-state index contributed by atoms with van der Waals surface area (Å²) in [6.07, 6.45) is 2.24. The van der Waals surface area contributed by atoms with Crippen molar-refractivity contribution in [1.82, 2.24) is 10.6 Å². The van der Waals surface area contributed by atoms with E-state index in [1.807, 2.05) is 12.1 Å². The van der Waals surface area contributed by atoms with Crippen LogP contribution in [-0.4, -0.2) is 32.7 Å². The van der Waals surface area contributed by atoms with Gasteiger partial charge in [0.25, 0.3) is 5.91 Å². The highest BCUT2D eigenvalue weighted by molar-refractivity contribution is 9.10. The number of halogens is 1. The molecule has 0 radical (unpaired) electrons. The Kier molecular flexibility index (Phi) is 5.22. The molecule has 1 aliphatic heterocycles. The van der Waals surface area contributed by atoms with Gasteiger partial charge in [-0.1, -0.05) is 0 Å². The van der Waals surface area contributed by atoms with Crippen molar-refractivity contribution in [1.29, 1.82) is 0 Å². The van der Waals surface area contributed by atoms with E-state index in [-0.39, 0.29) is 5.91 Å². The van der Waals surface area contributed by atoms with Crippen LogP contribution >= 0.6 is 15.9 Å². The molecule has 104 valence electrons. The Labute approximate surface area is 122 Å². The van der Waals surface area contributed by atoms with Crippen molar-refractivity contribution >= 4 is 21.8 Å². The highest BCUT2D eigenvalue weighted by Crippen LogP contribution is 2.22. The lowest BCUT2D eigenvalue weighted by Crippen LogP contribution is -2.26. The minimum atomic E-state index is -0.0586. The van der Waals surface area contributed by atoms with Crippen LogP contribution in [0.5, 0.6) is 5.75 Å². The van der Waals surface area contributed by atoms with Gasteiger partial charge in [0.15, 0.2) is 0 Å². The van der Waals surface area contributed by atoms with Crippen molar-refractivity contribution in [3.05, 3.63) is 28.2 Å². The highest BCUT2D eigenvalue weighted by Gasteiger charge is 2.15. The number of rotatable bonds is 5. The topological polar surface area (TPSA) is 50.4 Å². The molecule has 0 aliphatic carbocycles. The van der Waals surface area contributed by atoms with Gasteiger partial charge in [-0.2, -0.15) is 0 Å². The summed E-state index contributed by atoms with van der Waals surface area (Å²) in [6, 6.07) is 5.40. The van der Waals surface area contributed by atoms with Gasteiger partial charge in [-0.05, 0) is 66.0 Å². The van der Waals surface area contributed by atoms with Gasteiger partial charge < -0.3 is 15.4 Å². The van der Waals surface area contributed by atoms with Crippen LogP contribution in [0.4, 0.5) is 0 Å². The van der Waals surface area contributed by atoms with Crippen LogP contribution in [-0.2, 0) is 0 Å². The van der Waals surface area contributed by atoms with E-state index in [0.29, 0.717) is 17.2 Å². The van der Waals surface area contributed by atoms with Gasteiger partial charge in [0, 0.05) is 11.0 Å². The molecule has 0 saturated carbocycles. The summed E-state index contributed by atoms with van der Waals surface area (Å²) in [4.78, 5) is 12.1. The normalized spacial score (nSPS) is 18.3. The third-order valence-corrected chi connectivity index (χ3v) is 4.11. The zero-order chi connectivity index (χ0) is 13.7. The monoisotopic (exact) mass is 326 g/mol. The fourth-order valence-electron chi connectivity index (χ4n) is 2.25. The molecule has 2 rings (SSSR count). The first-order chi connectivity index (χ1) is 9.20.